The molecule has 2 aromatic carbocycles. The van der Waals surface area contributed by atoms with E-state index >= 15 is 0 Å². The average Bonchev–Trinajstić information content (AvgIpc) is 2.60. The Bertz CT molecular complexity index is 889. The van der Waals surface area contributed by atoms with Crippen LogP contribution < -0.4 is 10.6 Å². The van der Waals surface area contributed by atoms with E-state index in [9.17, 15) is 29.8 Å². The molecule has 0 atom stereocenters. The van der Waals surface area contributed by atoms with Gasteiger partial charge in [-0.15, -0.1) is 0 Å². The van der Waals surface area contributed by atoms with Crippen molar-refractivity contribution in [2.24, 2.45) is 0 Å². The van der Waals surface area contributed by atoms with Crippen molar-refractivity contribution in [3.8, 4) is 0 Å². The van der Waals surface area contributed by atoms with E-state index in [1.807, 2.05) is 0 Å². The summed E-state index contributed by atoms with van der Waals surface area (Å²) in [7, 11) is 2.35. The van der Waals surface area contributed by atoms with Crippen LogP contribution in [0.4, 0.5) is 22.7 Å². The minimum absolute atomic E-state index is 0.174. The Morgan fingerprint density at radius 2 is 1.14 bits per heavy atom. The van der Waals surface area contributed by atoms with Crippen molar-refractivity contribution in [1.29, 1.82) is 0 Å². The first-order chi connectivity index (χ1) is 13.2. The predicted octanol–water partition coefficient (Wildman–Crippen LogP) is 4.22. The first-order valence-electron chi connectivity index (χ1n) is 7.64. The molecule has 0 spiro atoms. The third-order valence-corrected chi connectivity index (χ3v) is 5.67. The fraction of sp³-hybridized carbons (Fsp3) is 0.125. The maximum Gasteiger partial charge on any atom is 0.271 e. The van der Waals surface area contributed by atoms with Crippen molar-refractivity contribution in [2.75, 3.05) is 10.6 Å². The first-order valence-corrected chi connectivity index (χ1v) is 9.79. The molecule has 2 amide bonds. The highest BCUT2D eigenvalue weighted by Gasteiger charge is 2.16. The van der Waals surface area contributed by atoms with Gasteiger partial charge < -0.3 is 10.6 Å². The SMILES string of the molecule is CC(=O)Nc1cc([N+](=O)[O-])ccc1SSc1ccc([N+](=O)[O-])cc1NC(C)=O. The van der Waals surface area contributed by atoms with Gasteiger partial charge in [0.2, 0.25) is 11.8 Å². The predicted molar refractivity (Wildman–Crippen MR) is 107 cm³/mol. The van der Waals surface area contributed by atoms with Gasteiger partial charge in [-0.1, -0.05) is 21.6 Å². The van der Waals surface area contributed by atoms with E-state index in [-0.39, 0.29) is 34.6 Å². The van der Waals surface area contributed by atoms with Gasteiger partial charge in [-0.05, 0) is 12.1 Å². The summed E-state index contributed by atoms with van der Waals surface area (Å²) in [5.41, 5.74) is 0.184. The van der Waals surface area contributed by atoms with Crippen LogP contribution in [0, 0.1) is 20.2 Å². The summed E-state index contributed by atoms with van der Waals surface area (Å²) >= 11 is 0. The Labute approximate surface area is 166 Å². The molecule has 0 aliphatic heterocycles. The van der Waals surface area contributed by atoms with E-state index in [0.29, 0.717) is 9.79 Å². The summed E-state index contributed by atoms with van der Waals surface area (Å²) in [6.07, 6.45) is 0. The zero-order valence-corrected chi connectivity index (χ0v) is 16.3. The second-order valence-electron chi connectivity index (χ2n) is 5.40. The second kappa shape index (κ2) is 9.19. The number of carbonyl (C=O) groups excluding carboxylic acids is 2. The summed E-state index contributed by atoms with van der Waals surface area (Å²) in [4.78, 5) is 44.6. The van der Waals surface area contributed by atoms with Crippen molar-refractivity contribution in [3.05, 3.63) is 56.6 Å². The first kappa shape index (κ1) is 21.2. The van der Waals surface area contributed by atoms with Gasteiger partial charge in [0.05, 0.1) is 21.2 Å². The lowest BCUT2D eigenvalue weighted by atomic mass is 10.3. The zero-order valence-electron chi connectivity index (χ0n) is 14.6. The number of non-ortho nitro benzene ring substituents is 2. The second-order valence-corrected chi connectivity index (χ2v) is 7.62. The van der Waals surface area contributed by atoms with Crippen molar-refractivity contribution in [2.45, 2.75) is 23.6 Å². The lowest BCUT2D eigenvalue weighted by Gasteiger charge is -2.11. The molecule has 12 heteroatoms. The fourth-order valence-electron chi connectivity index (χ4n) is 2.07. The van der Waals surface area contributed by atoms with E-state index in [2.05, 4.69) is 10.6 Å². The molecule has 0 saturated heterocycles. The Morgan fingerprint density at radius 1 is 0.786 bits per heavy atom. The number of amides is 2. The van der Waals surface area contributed by atoms with Crippen LogP contribution in [-0.2, 0) is 9.59 Å². The lowest BCUT2D eigenvalue weighted by Crippen LogP contribution is -2.07. The number of nitrogens with one attached hydrogen (secondary N) is 2. The minimum atomic E-state index is -0.571. The summed E-state index contributed by atoms with van der Waals surface area (Å²) < 4.78 is 0. The molecule has 2 N–H and O–H groups in total. The molecule has 2 rings (SSSR count). The van der Waals surface area contributed by atoms with Gasteiger partial charge in [-0.3, -0.25) is 29.8 Å². The average molecular weight is 422 g/mol. The van der Waals surface area contributed by atoms with Crippen LogP contribution >= 0.6 is 21.6 Å². The van der Waals surface area contributed by atoms with E-state index in [4.69, 9.17) is 0 Å². The van der Waals surface area contributed by atoms with Gasteiger partial charge in [0, 0.05) is 47.9 Å². The Balaban J connectivity index is 2.32. The third-order valence-electron chi connectivity index (χ3n) is 3.19. The Kier molecular flexibility index (Phi) is 6.95. The monoisotopic (exact) mass is 422 g/mol. The number of hydrogen-bond acceptors (Lipinski definition) is 8. The molecule has 0 fully saturated rings. The normalized spacial score (nSPS) is 10.2. The highest BCUT2D eigenvalue weighted by molar-refractivity contribution is 8.76. The number of rotatable bonds is 7. The van der Waals surface area contributed by atoms with Crippen LogP contribution in [0.1, 0.15) is 13.8 Å². The van der Waals surface area contributed by atoms with Crippen LogP contribution in [0.15, 0.2) is 46.2 Å². The number of nitrogens with zero attached hydrogens (tertiary/aromatic N) is 2. The topological polar surface area (TPSA) is 144 Å². The van der Waals surface area contributed by atoms with E-state index in [0.717, 1.165) is 0 Å². The smallest absolute Gasteiger partial charge is 0.271 e. The highest BCUT2D eigenvalue weighted by atomic mass is 33.1. The van der Waals surface area contributed by atoms with Crippen molar-refractivity contribution >= 4 is 56.2 Å². The number of nitro benzene ring substituents is 2. The molecule has 0 saturated carbocycles. The van der Waals surface area contributed by atoms with Crippen LogP contribution in [0.25, 0.3) is 0 Å². The molecule has 10 nitrogen and oxygen atoms in total. The number of benzene rings is 2. The van der Waals surface area contributed by atoms with Crippen LogP contribution in [0.5, 0.6) is 0 Å². The zero-order chi connectivity index (χ0) is 20.8. The maximum atomic E-state index is 11.4. The summed E-state index contributed by atoms with van der Waals surface area (Å²) in [5, 5.41) is 27.0. The van der Waals surface area contributed by atoms with Gasteiger partial charge in [0.25, 0.3) is 11.4 Å². The van der Waals surface area contributed by atoms with E-state index in [1.165, 1.54) is 71.8 Å². The van der Waals surface area contributed by atoms with E-state index < -0.39 is 9.85 Å². The summed E-state index contributed by atoms with van der Waals surface area (Å²) in [6, 6.07) is 8.08. The number of nitro groups is 2. The van der Waals surface area contributed by atoms with Crippen molar-refractivity contribution in [3.63, 3.8) is 0 Å². The Hall–Kier alpha value is -3.12. The Morgan fingerprint density at radius 3 is 1.43 bits per heavy atom. The van der Waals surface area contributed by atoms with Gasteiger partial charge >= 0.3 is 0 Å². The number of carbonyl (C=O) groups is 2. The summed E-state index contributed by atoms with van der Waals surface area (Å²) in [6.45, 7) is 2.57. The van der Waals surface area contributed by atoms with Gasteiger partial charge in [-0.2, -0.15) is 0 Å². The molecule has 0 aliphatic rings. The highest BCUT2D eigenvalue weighted by Crippen LogP contribution is 2.45. The van der Waals surface area contributed by atoms with Crippen LogP contribution in [0.2, 0.25) is 0 Å². The molecule has 0 unspecified atom stereocenters. The maximum absolute atomic E-state index is 11.4. The number of anilines is 2. The molecule has 2 aromatic rings. The standard InChI is InChI=1S/C16H14N4O6S2/c1-9(21)17-13-7-11(19(23)24)3-5-15(13)27-28-16-6-4-12(20(25)26)8-14(16)18-10(2)22/h3-8H,1-2H3,(H,17,21)(H,18,22). The minimum Gasteiger partial charge on any atom is -0.325 e. The van der Waals surface area contributed by atoms with Crippen molar-refractivity contribution < 1.29 is 19.4 Å². The largest absolute Gasteiger partial charge is 0.325 e. The number of hydrogen-bond donors (Lipinski definition) is 2. The van der Waals surface area contributed by atoms with E-state index in [1.54, 1.807) is 0 Å². The molecule has 0 bridgehead atoms. The summed E-state index contributed by atoms with van der Waals surface area (Å²) in [5.74, 6) is -0.775. The van der Waals surface area contributed by atoms with Crippen LogP contribution in [-0.4, -0.2) is 21.7 Å². The molecule has 0 heterocycles. The molecule has 0 radical (unpaired) electrons. The molecular formula is C16H14N4O6S2. The molecule has 146 valence electrons. The fourth-order valence-corrected chi connectivity index (χ4v) is 4.31. The third kappa shape index (κ3) is 5.69. The van der Waals surface area contributed by atoms with Gasteiger partial charge in [-0.25, -0.2) is 0 Å². The van der Waals surface area contributed by atoms with Crippen molar-refractivity contribution in [1.82, 2.24) is 0 Å². The molecule has 0 aromatic heterocycles. The van der Waals surface area contributed by atoms with Gasteiger partial charge in [0.1, 0.15) is 0 Å². The van der Waals surface area contributed by atoms with Crippen LogP contribution in [0.3, 0.4) is 0 Å². The molecule has 28 heavy (non-hydrogen) atoms. The van der Waals surface area contributed by atoms with Gasteiger partial charge in [0.15, 0.2) is 0 Å². The lowest BCUT2D eigenvalue weighted by molar-refractivity contribution is -0.385. The molecule has 0 aliphatic carbocycles. The quantitative estimate of drug-likeness (QED) is 0.383. The molecular weight excluding hydrogens is 408 g/mol.